The van der Waals surface area contributed by atoms with E-state index in [0.717, 1.165) is 11.5 Å². The highest BCUT2D eigenvalue weighted by Gasteiger charge is 2.35. The summed E-state index contributed by atoms with van der Waals surface area (Å²) < 4.78 is 83.3. The minimum absolute atomic E-state index is 0.0117. The van der Waals surface area contributed by atoms with Crippen LogP contribution in [0.25, 0.3) is 16.7 Å². The predicted octanol–water partition coefficient (Wildman–Crippen LogP) is 5.23. The van der Waals surface area contributed by atoms with E-state index in [1.165, 1.54) is 47.0 Å². The smallest absolute Gasteiger partial charge is 0.387 e. The first kappa shape index (κ1) is 27.9. The van der Waals surface area contributed by atoms with E-state index in [1.807, 2.05) is 6.92 Å². The monoisotopic (exact) mass is 556 g/mol. The highest BCUT2D eigenvalue weighted by Crippen LogP contribution is 2.37. The maximum atomic E-state index is 13.7. The lowest BCUT2D eigenvalue weighted by atomic mass is 9.78. The second kappa shape index (κ2) is 10.2. The lowest BCUT2D eigenvalue weighted by molar-refractivity contribution is -0.0498. The molecular formula is C26H28F4N2O5S. The Morgan fingerprint density at radius 1 is 1.11 bits per heavy atom. The molecule has 1 aliphatic rings. The van der Waals surface area contributed by atoms with Crippen LogP contribution in [-0.4, -0.2) is 47.4 Å². The molecule has 0 atom stereocenters. The first-order valence-corrected chi connectivity index (χ1v) is 13.9. The molecule has 206 valence electrons. The van der Waals surface area contributed by atoms with Crippen LogP contribution in [0.2, 0.25) is 0 Å². The number of carbonyl (C=O) groups is 1. The Bertz CT molecular complexity index is 1510. The van der Waals surface area contributed by atoms with E-state index in [0.29, 0.717) is 18.4 Å². The lowest BCUT2D eigenvalue weighted by Crippen LogP contribution is -2.33. The van der Waals surface area contributed by atoms with Crippen LogP contribution in [0.1, 0.15) is 49.9 Å². The third kappa shape index (κ3) is 6.28. The number of rotatable bonds is 9. The van der Waals surface area contributed by atoms with E-state index >= 15 is 0 Å². The number of Topliss-reactive ketones (excluding diaryl/α,β-unsaturated/α-hetero) is 1. The fourth-order valence-corrected chi connectivity index (χ4v) is 6.51. The number of halogens is 4. The van der Waals surface area contributed by atoms with Gasteiger partial charge < -0.3 is 4.74 Å². The zero-order valence-corrected chi connectivity index (χ0v) is 21.7. The van der Waals surface area contributed by atoms with Crippen molar-refractivity contribution in [2.75, 3.05) is 11.5 Å². The summed E-state index contributed by atoms with van der Waals surface area (Å²) in [6.45, 7) is -0.813. The molecule has 12 heteroatoms. The van der Waals surface area contributed by atoms with Gasteiger partial charge in [0.1, 0.15) is 15.6 Å². The summed E-state index contributed by atoms with van der Waals surface area (Å²) in [5, 5.41) is 0. The van der Waals surface area contributed by atoms with Crippen LogP contribution in [0, 0.1) is 5.41 Å². The molecule has 1 aromatic heterocycles. The van der Waals surface area contributed by atoms with Crippen molar-refractivity contribution in [3.05, 3.63) is 58.5 Å². The number of benzene rings is 2. The van der Waals surface area contributed by atoms with E-state index in [9.17, 15) is 35.6 Å². The Balaban J connectivity index is 1.75. The molecular weight excluding hydrogens is 528 g/mol. The Kier molecular flexibility index (Phi) is 7.48. The minimum atomic E-state index is -3.11. The summed E-state index contributed by atoms with van der Waals surface area (Å²) >= 11 is 0. The highest BCUT2D eigenvalue weighted by molar-refractivity contribution is 7.91. The van der Waals surface area contributed by atoms with Gasteiger partial charge in [0.05, 0.1) is 28.2 Å². The SMILES string of the molecule is CC(F)(F)CCn1c(=O)n(-c2cccc(OC(F)F)c2)c2ccc(C(=O)CC3(C)CCS(=O)(=O)CC3)cc21. The van der Waals surface area contributed by atoms with Crippen molar-refractivity contribution in [3.8, 4) is 11.4 Å². The third-order valence-corrected chi connectivity index (χ3v) is 8.60. The summed E-state index contributed by atoms with van der Waals surface area (Å²) in [5.74, 6) is -3.47. The molecule has 1 saturated heterocycles. The van der Waals surface area contributed by atoms with E-state index in [2.05, 4.69) is 4.74 Å². The molecule has 2 heterocycles. The zero-order chi connectivity index (χ0) is 27.9. The van der Waals surface area contributed by atoms with Crippen molar-refractivity contribution < 1.29 is 35.5 Å². The summed E-state index contributed by atoms with van der Waals surface area (Å²) in [4.78, 5) is 26.6. The van der Waals surface area contributed by atoms with Crippen LogP contribution < -0.4 is 10.4 Å². The molecule has 1 aliphatic heterocycles. The van der Waals surface area contributed by atoms with Gasteiger partial charge in [-0.15, -0.1) is 0 Å². The first-order chi connectivity index (χ1) is 17.7. The fraction of sp³-hybridized carbons (Fsp3) is 0.462. The van der Waals surface area contributed by atoms with Gasteiger partial charge in [-0.3, -0.25) is 13.9 Å². The van der Waals surface area contributed by atoms with E-state index in [4.69, 9.17) is 0 Å². The van der Waals surface area contributed by atoms with Crippen molar-refractivity contribution in [2.24, 2.45) is 5.41 Å². The van der Waals surface area contributed by atoms with E-state index in [1.54, 1.807) is 0 Å². The third-order valence-electron chi connectivity index (χ3n) is 6.95. The number of aryl methyl sites for hydroxylation is 1. The second-order valence-corrected chi connectivity index (χ2v) is 12.5. The maximum absolute atomic E-state index is 13.7. The Morgan fingerprint density at radius 2 is 1.79 bits per heavy atom. The van der Waals surface area contributed by atoms with Crippen molar-refractivity contribution in [1.29, 1.82) is 0 Å². The Labute approximate surface area is 216 Å². The lowest BCUT2D eigenvalue weighted by Gasteiger charge is -2.32. The number of carbonyl (C=O) groups excluding carboxylic acids is 1. The van der Waals surface area contributed by atoms with Gasteiger partial charge in [-0.1, -0.05) is 13.0 Å². The maximum Gasteiger partial charge on any atom is 0.387 e. The zero-order valence-electron chi connectivity index (χ0n) is 20.9. The average Bonchev–Trinajstić information content (AvgIpc) is 3.09. The summed E-state index contributed by atoms with van der Waals surface area (Å²) in [6.07, 6.45) is 0.171. The van der Waals surface area contributed by atoms with E-state index < -0.39 is 39.9 Å². The number of alkyl halides is 4. The average molecular weight is 557 g/mol. The fourth-order valence-electron chi connectivity index (χ4n) is 4.70. The Morgan fingerprint density at radius 3 is 2.42 bits per heavy atom. The number of hydrogen-bond acceptors (Lipinski definition) is 5. The highest BCUT2D eigenvalue weighted by atomic mass is 32.2. The molecule has 7 nitrogen and oxygen atoms in total. The van der Waals surface area contributed by atoms with Crippen LogP contribution in [0.3, 0.4) is 0 Å². The molecule has 38 heavy (non-hydrogen) atoms. The number of fused-ring (bicyclic) bond motifs is 1. The number of imidazole rings is 1. The molecule has 0 N–H and O–H groups in total. The van der Waals surface area contributed by atoms with Crippen molar-refractivity contribution in [2.45, 2.75) is 58.6 Å². The summed E-state index contributed by atoms with van der Waals surface area (Å²) in [6, 6.07) is 9.95. The number of aromatic nitrogens is 2. The molecule has 3 aromatic rings. The molecule has 0 saturated carbocycles. The molecule has 2 aromatic carbocycles. The van der Waals surface area contributed by atoms with Crippen LogP contribution in [-0.2, 0) is 16.4 Å². The summed E-state index contributed by atoms with van der Waals surface area (Å²) in [5.41, 5.74) is -0.186. The van der Waals surface area contributed by atoms with E-state index in [-0.39, 0.29) is 52.8 Å². The standard InChI is InChI=1S/C26H28F4N2O5S/c1-25(9-12-38(35,36)13-10-25)16-22(33)17-6-7-20-21(14-17)31(11-8-26(2,29)30)24(34)32(20)18-4-3-5-19(15-18)37-23(27)28/h3-7,14-15,23H,8-13,16H2,1-2H3. The predicted molar refractivity (Wildman–Crippen MR) is 134 cm³/mol. The summed E-state index contributed by atoms with van der Waals surface area (Å²) in [7, 11) is -3.11. The van der Waals surface area contributed by atoms with Crippen LogP contribution >= 0.6 is 0 Å². The molecule has 0 amide bonds. The van der Waals surface area contributed by atoms with Crippen molar-refractivity contribution >= 4 is 26.7 Å². The van der Waals surface area contributed by atoms with Gasteiger partial charge in [0.15, 0.2) is 5.78 Å². The van der Waals surface area contributed by atoms with Crippen LogP contribution in [0.5, 0.6) is 5.75 Å². The number of nitrogens with zero attached hydrogens (tertiary/aromatic N) is 2. The van der Waals surface area contributed by atoms with Gasteiger partial charge in [-0.25, -0.2) is 22.0 Å². The van der Waals surface area contributed by atoms with Crippen LogP contribution in [0.4, 0.5) is 17.6 Å². The number of ether oxygens (including phenoxy) is 1. The van der Waals surface area contributed by atoms with Gasteiger partial charge >= 0.3 is 12.3 Å². The second-order valence-electron chi connectivity index (χ2n) is 10.2. The van der Waals surface area contributed by atoms with Crippen molar-refractivity contribution in [3.63, 3.8) is 0 Å². The molecule has 4 rings (SSSR count). The topological polar surface area (TPSA) is 87.4 Å². The number of hydrogen-bond donors (Lipinski definition) is 0. The normalized spacial score (nSPS) is 17.1. The van der Waals surface area contributed by atoms with Gasteiger partial charge in [-0.2, -0.15) is 8.78 Å². The quantitative estimate of drug-likeness (QED) is 0.266. The molecule has 0 aliphatic carbocycles. The number of ketones is 1. The Hall–Kier alpha value is -3.15. The molecule has 0 radical (unpaired) electrons. The van der Waals surface area contributed by atoms with Gasteiger partial charge in [-0.05, 0) is 55.5 Å². The van der Waals surface area contributed by atoms with Gasteiger partial charge in [0.2, 0.25) is 5.92 Å². The minimum Gasteiger partial charge on any atom is -0.435 e. The molecule has 1 fully saturated rings. The molecule has 0 spiro atoms. The molecule has 0 bridgehead atoms. The number of sulfone groups is 1. The molecule has 0 unspecified atom stereocenters. The van der Waals surface area contributed by atoms with Gasteiger partial charge in [0, 0.05) is 31.0 Å². The van der Waals surface area contributed by atoms with Gasteiger partial charge in [0.25, 0.3) is 0 Å². The van der Waals surface area contributed by atoms with Crippen molar-refractivity contribution in [1.82, 2.24) is 9.13 Å². The first-order valence-electron chi connectivity index (χ1n) is 12.1. The largest absolute Gasteiger partial charge is 0.435 e. The van der Waals surface area contributed by atoms with Crippen LogP contribution in [0.15, 0.2) is 47.3 Å².